The van der Waals surface area contributed by atoms with E-state index in [1.165, 1.54) is 0 Å². The molecule has 4 nitrogen and oxygen atoms in total. The first-order valence-electron chi connectivity index (χ1n) is 3.97. The predicted octanol–water partition coefficient (Wildman–Crippen LogP) is 0.313. The normalized spacial score (nSPS) is 12.1. The summed E-state index contributed by atoms with van der Waals surface area (Å²) >= 11 is 0. The zero-order chi connectivity index (χ0) is 9.68. The van der Waals surface area contributed by atoms with Crippen LogP contribution < -0.4 is 11.3 Å². The molecular weight excluding hydrogens is 164 g/mol. The maximum atomic E-state index is 5.33. The second-order valence-electron chi connectivity index (χ2n) is 2.66. The summed E-state index contributed by atoms with van der Waals surface area (Å²) in [5, 5.41) is 0. The molecule has 0 bridgehead atoms. The van der Waals surface area contributed by atoms with Crippen molar-refractivity contribution in [2.45, 2.75) is 19.4 Å². The lowest BCUT2D eigenvalue weighted by atomic mass is 10.1. The van der Waals surface area contributed by atoms with Crippen LogP contribution in [0, 0.1) is 19.3 Å². The topological polar surface area (TPSA) is 63.8 Å². The van der Waals surface area contributed by atoms with Gasteiger partial charge in [-0.15, -0.1) is 12.3 Å². The summed E-state index contributed by atoms with van der Waals surface area (Å²) in [6.45, 7) is 1.83. The molecule has 0 fully saturated rings. The summed E-state index contributed by atoms with van der Waals surface area (Å²) in [5.41, 5.74) is 3.44. The minimum absolute atomic E-state index is 0.0910. The van der Waals surface area contributed by atoms with Crippen LogP contribution in [-0.4, -0.2) is 9.97 Å². The Morgan fingerprint density at radius 2 is 2.54 bits per heavy atom. The van der Waals surface area contributed by atoms with E-state index in [4.69, 9.17) is 12.3 Å². The largest absolute Gasteiger partial charge is 0.271 e. The van der Waals surface area contributed by atoms with Crippen molar-refractivity contribution in [2.24, 2.45) is 5.84 Å². The van der Waals surface area contributed by atoms with Gasteiger partial charge in [0.25, 0.3) is 0 Å². The van der Waals surface area contributed by atoms with Gasteiger partial charge in [-0.2, -0.15) is 0 Å². The summed E-state index contributed by atoms with van der Waals surface area (Å²) in [4.78, 5) is 8.20. The molecule has 0 aliphatic carbocycles. The first kappa shape index (κ1) is 9.65. The van der Waals surface area contributed by atoms with Crippen molar-refractivity contribution in [1.29, 1.82) is 0 Å². The molecule has 3 N–H and O–H groups in total. The van der Waals surface area contributed by atoms with Gasteiger partial charge in [0.2, 0.25) is 0 Å². The maximum absolute atomic E-state index is 5.33. The molecule has 68 valence electrons. The molecule has 1 atom stereocenters. The average molecular weight is 176 g/mol. The number of nitrogens with two attached hydrogens (primary N) is 1. The second-order valence-corrected chi connectivity index (χ2v) is 2.66. The summed E-state index contributed by atoms with van der Waals surface area (Å²) in [6.07, 6.45) is 7.41. The minimum atomic E-state index is -0.0910. The van der Waals surface area contributed by atoms with E-state index in [1.54, 1.807) is 12.3 Å². The van der Waals surface area contributed by atoms with Gasteiger partial charge >= 0.3 is 0 Å². The van der Waals surface area contributed by atoms with Gasteiger partial charge in [-0.3, -0.25) is 11.3 Å². The van der Waals surface area contributed by atoms with Crippen molar-refractivity contribution in [2.75, 3.05) is 0 Å². The van der Waals surface area contributed by atoms with Gasteiger partial charge in [0.05, 0.1) is 11.7 Å². The van der Waals surface area contributed by atoms with E-state index in [0.717, 1.165) is 11.5 Å². The average Bonchev–Trinajstić information content (AvgIpc) is 2.14. The van der Waals surface area contributed by atoms with Crippen molar-refractivity contribution in [3.05, 3.63) is 23.8 Å². The molecule has 1 aromatic rings. The number of aromatic nitrogens is 2. The Labute approximate surface area is 77.6 Å². The molecule has 1 rings (SSSR count). The number of aryl methyl sites for hydroxylation is 1. The highest BCUT2D eigenvalue weighted by Gasteiger charge is 2.09. The molecule has 0 aliphatic rings. The van der Waals surface area contributed by atoms with Gasteiger partial charge in [0.15, 0.2) is 0 Å². The molecule has 0 aromatic carbocycles. The highest BCUT2D eigenvalue weighted by atomic mass is 15.2. The van der Waals surface area contributed by atoms with E-state index in [0.29, 0.717) is 6.42 Å². The zero-order valence-corrected chi connectivity index (χ0v) is 7.49. The van der Waals surface area contributed by atoms with Crippen LogP contribution in [0.15, 0.2) is 12.3 Å². The highest BCUT2D eigenvalue weighted by Crippen LogP contribution is 2.11. The molecule has 0 saturated carbocycles. The molecule has 1 aromatic heterocycles. The quantitative estimate of drug-likeness (QED) is 0.395. The van der Waals surface area contributed by atoms with Crippen molar-refractivity contribution >= 4 is 0 Å². The summed E-state index contributed by atoms with van der Waals surface area (Å²) in [5.74, 6) is 8.59. The molecule has 4 heteroatoms. The van der Waals surface area contributed by atoms with E-state index in [-0.39, 0.29) is 6.04 Å². The number of hydrogen-bond donors (Lipinski definition) is 2. The van der Waals surface area contributed by atoms with Crippen LogP contribution in [0.3, 0.4) is 0 Å². The monoisotopic (exact) mass is 176 g/mol. The Bertz CT molecular complexity index is 316. The first-order valence-corrected chi connectivity index (χ1v) is 3.97. The number of nitrogens with one attached hydrogen (secondary N) is 1. The van der Waals surface area contributed by atoms with Gasteiger partial charge in [-0.1, -0.05) is 0 Å². The maximum Gasteiger partial charge on any atom is 0.125 e. The van der Waals surface area contributed by atoms with E-state index in [9.17, 15) is 0 Å². The summed E-state index contributed by atoms with van der Waals surface area (Å²) < 4.78 is 0. The second kappa shape index (κ2) is 4.55. The third-order valence-electron chi connectivity index (χ3n) is 1.68. The van der Waals surface area contributed by atoms with Crippen LogP contribution in [0.1, 0.15) is 24.0 Å². The van der Waals surface area contributed by atoms with Gasteiger partial charge in [0.1, 0.15) is 5.82 Å². The Kier molecular flexibility index (Phi) is 3.38. The number of nitrogens with zero attached hydrogens (tertiary/aromatic N) is 2. The van der Waals surface area contributed by atoms with Crippen molar-refractivity contribution < 1.29 is 0 Å². The minimum Gasteiger partial charge on any atom is -0.271 e. The smallest absolute Gasteiger partial charge is 0.125 e. The molecule has 0 aliphatic heterocycles. The summed E-state index contributed by atoms with van der Waals surface area (Å²) in [6, 6.07) is 1.71. The lowest BCUT2D eigenvalue weighted by Crippen LogP contribution is -2.28. The molecule has 0 amide bonds. The van der Waals surface area contributed by atoms with E-state index in [2.05, 4.69) is 21.3 Å². The summed E-state index contributed by atoms with van der Waals surface area (Å²) in [7, 11) is 0. The zero-order valence-electron chi connectivity index (χ0n) is 7.49. The van der Waals surface area contributed by atoms with Gasteiger partial charge in [-0.05, 0) is 13.0 Å². The van der Waals surface area contributed by atoms with Gasteiger partial charge in [-0.25, -0.2) is 9.97 Å². The predicted molar refractivity (Wildman–Crippen MR) is 50.3 cm³/mol. The fourth-order valence-corrected chi connectivity index (χ4v) is 1.04. The highest BCUT2D eigenvalue weighted by molar-refractivity contribution is 5.09. The fraction of sp³-hybridized carbons (Fsp3) is 0.333. The van der Waals surface area contributed by atoms with Crippen molar-refractivity contribution in [1.82, 2.24) is 15.4 Å². The standard InChI is InChI=1S/C9H12N4/c1-3-4-9(13-10)8-5-6-11-7(2)12-8/h1,5-6,9,13H,4,10H2,2H3. The van der Waals surface area contributed by atoms with Crippen LogP contribution in [0.2, 0.25) is 0 Å². The molecule has 1 unspecified atom stereocenters. The van der Waals surface area contributed by atoms with Crippen LogP contribution in [0.5, 0.6) is 0 Å². The molecule has 1 heterocycles. The number of terminal acetylenes is 1. The molecular formula is C9H12N4. The Morgan fingerprint density at radius 3 is 3.08 bits per heavy atom. The van der Waals surface area contributed by atoms with Crippen molar-refractivity contribution in [3.63, 3.8) is 0 Å². The molecule has 0 saturated heterocycles. The number of hydrogen-bond acceptors (Lipinski definition) is 4. The Hall–Kier alpha value is -1.44. The third-order valence-corrected chi connectivity index (χ3v) is 1.68. The first-order chi connectivity index (χ1) is 6.27. The number of rotatable bonds is 3. The van der Waals surface area contributed by atoms with E-state index in [1.807, 2.05) is 6.92 Å². The Morgan fingerprint density at radius 1 is 1.77 bits per heavy atom. The van der Waals surface area contributed by atoms with E-state index < -0.39 is 0 Å². The van der Waals surface area contributed by atoms with Crippen LogP contribution >= 0.6 is 0 Å². The molecule has 0 spiro atoms. The Balaban J connectivity index is 2.86. The van der Waals surface area contributed by atoms with Crippen LogP contribution in [-0.2, 0) is 0 Å². The van der Waals surface area contributed by atoms with E-state index >= 15 is 0 Å². The SMILES string of the molecule is C#CCC(NN)c1ccnc(C)n1. The van der Waals surface area contributed by atoms with Crippen LogP contribution in [0.4, 0.5) is 0 Å². The van der Waals surface area contributed by atoms with Crippen molar-refractivity contribution in [3.8, 4) is 12.3 Å². The van der Waals surface area contributed by atoms with Gasteiger partial charge < -0.3 is 0 Å². The van der Waals surface area contributed by atoms with Crippen LogP contribution in [0.25, 0.3) is 0 Å². The van der Waals surface area contributed by atoms with Gasteiger partial charge in [0, 0.05) is 12.6 Å². The molecule has 13 heavy (non-hydrogen) atoms. The fourth-order valence-electron chi connectivity index (χ4n) is 1.04. The lowest BCUT2D eigenvalue weighted by Gasteiger charge is -2.11. The molecule has 0 radical (unpaired) electrons. The third kappa shape index (κ3) is 2.51. The lowest BCUT2D eigenvalue weighted by molar-refractivity contribution is 0.551. The number of hydrazine groups is 1.